The maximum absolute atomic E-state index is 14.0. The predicted octanol–water partition coefficient (Wildman–Crippen LogP) is 4.43. The lowest BCUT2D eigenvalue weighted by molar-refractivity contribution is 0.521. The number of halogens is 1. The number of nitrogens with one attached hydrogen (secondary N) is 1. The largest absolute Gasteiger partial charge is 0.371 e. The van der Waals surface area contributed by atoms with Crippen molar-refractivity contribution in [1.82, 2.24) is 5.32 Å². The fourth-order valence-corrected chi connectivity index (χ4v) is 3.22. The highest BCUT2D eigenvalue weighted by atomic mass is 19.1. The molecule has 0 aromatic heterocycles. The fraction of sp³-hybridized carbons (Fsp3) is 0.667. The van der Waals surface area contributed by atoms with Gasteiger partial charge in [0.25, 0.3) is 0 Å². The van der Waals surface area contributed by atoms with E-state index in [0.29, 0.717) is 0 Å². The van der Waals surface area contributed by atoms with Crippen molar-refractivity contribution in [1.29, 1.82) is 0 Å². The molecule has 1 N–H and O–H groups in total. The minimum atomic E-state index is -0.0957. The second-order valence-corrected chi connectivity index (χ2v) is 6.46. The third kappa shape index (κ3) is 3.97. The predicted molar refractivity (Wildman–Crippen MR) is 88.5 cm³/mol. The molecule has 1 aromatic carbocycles. The second kappa shape index (κ2) is 7.26. The molecule has 2 unspecified atom stereocenters. The van der Waals surface area contributed by atoms with Crippen LogP contribution < -0.4 is 10.2 Å². The molecule has 3 heteroatoms. The molecule has 1 heterocycles. The van der Waals surface area contributed by atoms with Crippen LogP contribution in [0.1, 0.15) is 57.2 Å². The van der Waals surface area contributed by atoms with Crippen LogP contribution in [0.25, 0.3) is 0 Å². The molecule has 1 aliphatic rings. The first-order valence-corrected chi connectivity index (χ1v) is 8.31. The van der Waals surface area contributed by atoms with Crippen LogP contribution in [0.3, 0.4) is 0 Å². The van der Waals surface area contributed by atoms with Gasteiger partial charge in [-0.15, -0.1) is 0 Å². The van der Waals surface area contributed by atoms with Gasteiger partial charge in [0.1, 0.15) is 5.82 Å². The van der Waals surface area contributed by atoms with Gasteiger partial charge in [-0.05, 0) is 68.8 Å². The minimum absolute atomic E-state index is 0.0957. The van der Waals surface area contributed by atoms with Gasteiger partial charge >= 0.3 is 0 Å². The van der Waals surface area contributed by atoms with Crippen molar-refractivity contribution in [3.8, 4) is 0 Å². The summed E-state index contributed by atoms with van der Waals surface area (Å²) in [4.78, 5) is 2.46. The number of nitrogens with zero attached hydrogens (tertiary/aromatic N) is 1. The molecule has 0 amide bonds. The summed E-state index contributed by atoms with van der Waals surface area (Å²) in [7, 11) is 0. The van der Waals surface area contributed by atoms with Crippen LogP contribution in [0.2, 0.25) is 0 Å². The molecule has 0 bridgehead atoms. The van der Waals surface area contributed by atoms with Crippen molar-refractivity contribution < 1.29 is 4.39 Å². The standard InChI is InChI=1S/C18H29FN2/c1-5-20-15(4)16-12-17(19)14(3)11-18(16)21-9-6-7-13(2)8-10-21/h11-13,15,20H,5-10H2,1-4H3. The Bertz CT molecular complexity index is 473. The van der Waals surface area contributed by atoms with Gasteiger partial charge in [-0.25, -0.2) is 4.39 Å². The highest BCUT2D eigenvalue weighted by Gasteiger charge is 2.20. The molecule has 1 aromatic rings. The Labute approximate surface area is 128 Å². The molecular formula is C18H29FN2. The van der Waals surface area contributed by atoms with Crippen molar-refractivity contribution >= 4 is 5.69 Å². The first kappa shape index (κ1) is 16.3. The van der Waals surface area contributed by atoms with Gasteiger partial charge in [-0.3, -0.25) is 0 Å². The average molecular weight is 292 g/mol. The Kier molecular flexibility index (Phi) is 5.63. The van der Waals surface area contributed by atoms with Crippen LogP contribution >= 0.6 is 0 Å². The monoisotopic (exact) mass is 292 g/mol. The molecule has 2 atom stereocenters. The van der Waals surface area contributed by atoms with Gasteiger partial charge in [-0.2, -0.15) is 0 Å². The van der Waals surface area contributed by atoms with Crippen molar-refractivity contribution in [2.75, 3.05) is 24.5 Å². The van der Waals surface area contributed by atoms with E-state index < -0.39 is 0 Å². The Hall–Kier alpha value is -1.09. The van der Waals surface area contributed by atoms with Gasteiger partial charge in [0, 0.05) is 24.8 Å². The van der Waals surface area contributed by atoms with E-state index in [2.05, 4.69) is 31.0 Å². The summed E-state index contributed by atoms with van der Waals surface area (Å²) < 4.78 is 14.0. The third-order valence-electron chi connectivity index (χ3n) is 4.64. The van der Waals surface area contributed by atoms with Crippen LogP contribution in [0.4, 0.5) is 10.1 Å². The van der Waals surface area contributed by atoms with E-state index in [4.69, 9.17) is 0 Å². The van der Waals surface area contributed by atoms with E-state index in [1.165, 1.54) is 24.9 Å². The minimum Gasteiger partial charge on any atom is -0.371 e. The number of benzene rings is 1. The highest BCUT2D eigenvalue weighted by molar-refractivity contribution is 5.57. The van der Waals surface area contributed by atoms with Crippen LogP contribution in [-0.4, -0.2) is 19.6 Å². The topological polar surface area (TPSA) is 15.3 Å². The fourth-order valence-electron chi connectivity index (χ4n) is 3.22. The quantitative estimate of drug-likeness (QED) is 0.883. The van der Waals surface area contributed by atoms with Crippen molar-refractivity contribution in [2.45, 2.75) is 53.0 Å². The van der Waals surface area contributed by atoms with Crippen molar-refractivity contribution in [3.05, 3.63) is 29.1 Å². The Morgan fingerprint density at radius 2 is 2.10 bits per heavy atom. The molecule has 1 saturated heterocycles. The summed E-state index contributed by atoms with van der Waals surface area (Å²) in [5.74, 6) is 0.702. The van der Waals surface area contributed by atoms with Crippen LogP contribution in [0.15, 0.2) is 12.1 Å². The molecule has 0 aliphatic carbocycles. The molecule has 21 heavy (non-hydrogen) atoms. The average Bonchev–Trinajstić information content (AvgIpc) is 2.66. The zero-order valence-electron chi connectivity index (χ0n) is 13.9. The van der Waals surface area contributed by atoms with Gasteiger partial charge in [0.2, 0.25) is 0 Å². The molecule has 0 radical (unpaired) electrons. The van der Waals surface area contributed by atoms with E-state index in [9.17, 15) is 4.39 Å². The smallest absolute Gasteiger partial charge is 0.126 e. The molecule has 1 fully saturated rings. The summed E-state index contributed by atoms with van der Waals surface area (Å²) >= 11 is 0. The zero-order valence-corrected chi connectivity index (χ0v) is 13.9. The lowest BCUT2D eigenvalue weighted by Gasteiger charge is -2.28. The number of hydrogen-bond acceptors (Lipinski definition) is 2. The SMILES string of the molecule is CCNC(C)c1cc(F)c(C)cc1N1CCCC(C)CC1. The normalized spacial score (nSPS) is 21.2. The molecule has 0 spiro atoms. The van der Waals surface area contributed by atoms with Gasteiger partial charge < -0.3 is 10.2 Å². The number of aryl methyl sites for hydroxylation is 1. The Balaban J connectivity index is 2.33. The molecule has 0 saturated carbocycles. The summed E-state index contributed by atoms with van der Waals surface area (Å²) in [5, 5.41) is 3.42. The van der Waals surface area contributed by atoms with Gasteiger partial charge in [0.15, 0.2) is 0 Å². The summed E-state index contributed by atoms with van der Waals surface area (Å²) in [5.41, 5.74) is 3.06. The first-order chi connectivity index (χ1) is 10.0. The Morgan fingerprint density at radius 3 is 2.81 bits per heavy atom. The molecular weight excluding hydrogens is 263 g/mol. The van der Waals surface area contributed by atoms with Crippen LogP contribution in [0, 0.1) is 18.7 Å². The lowest BCUT2D eigenvalue weighted by atomic mass is 10.0. The maximum Gasteiger partial charge on any atom is 0.126 e. The van der Waals surface area contributed by atoms with Crippen molar-refractivity contribution in [2.24, 2.45) is 5.92 Å². The van der Waals surface area contributed by atoms with Crippen LogP contribution in [0.5, 0.6) is 0 Å². The van der Waals surface area contributed by atoms with E-state index in [-0.39, 0.29) is 11.9 Å². The molecule has 2 nitrogen and oxygen atoms in total. The van der Waals surface area contributed by atoms with E-state index >= 15 is 0 Å². The number of hydrogen-bond donors (Lipinski definition) is 1. The lowest BCUT2D eigenvalue weighted by Crippen LogP contribution is -2.28. The first-order valence-electron chi connectivity index (χ1n) is 8.31. The zero-order chi connectivity index (χ0) is 15.4. The number of rotatable bonds is 4. The van der Waals surface area contributed by atoms with E-state index in [0.717, 1.165) is 36.7 Å². The molecule has 2 rings (SSSR count). The van der Waals surface area contributed by atoms with E-state index in [1.807, 2.05) is 13.0 Å². The van der Waals surface area contributed by atoms with Gasteiger partial charge in [-0.1, -0.05) is 13.8 Å². The summed E-state index contributed by atoms with van der Waals surface area (Å²) in [6, 6.07) is 3.95. The third-order valence-corrected chi connectivity index (χ3v) is 4.64. The second-order valence-electron chi connectivity index (χ2n) is 6.46. The summed E-state index contributed by atoms with van der Waals surface area (Å²) in [6.45, 7) is 11.5. The van der Waals surface area contributed by atoms with Gasteiger partial charge in [0.05, 0.1) is 0 Å². The maximum atomic E-state index is 14.0. The number of anilines is 1. The molecule has 1 aliphatic heterocycles. The molecule has 118 valence electrons. The summed E-state index contributed by atoms with van der Waals surface area (Å²) in [6.07, 6.45) is 3.76. The van der Waals surface area contributed by atoms with Crippen LogP contribution in [-0.2, 0) is 0 Å². The Morgan fingerprint density at radius 1 is 1.33 bits per heavy atom. The van der Waals surface area contributed by atoms with Crippen molar-refractivity contribution in [3.63, 3.8) is 0 Å². The van der Waals surface area contributed by atoms with E-state index in [1.54, 1.807) is 6.07 Å². The highest BCUT2D eigenvalue weighted by Crippen LogP contribution is 2.31.